The van der Waals surface area contributed by atoms with Gasteiger partial charge in [0.25, 0.3) is 5.91 Å². The fourth-order valence-electron chi connectivity index (χ4n) is 5.05. The predicted octanol–water partition coefficient (Wildman–Crippen LogP) is 4.73. The van der Waals surface area contributed by atoms with Crippen molar-refractivity contribution < 1.29 is 24.2 Å². The van der Waals surface area contributed by atoms with E-state index < -0.39 is 29.6 Å². The zero-order valence-electron chi connectivity index (χ0n) is 22.8. The molecule has 9 nitrogen and oxygen atoms in total. The van der Waals surface area contributed by atoms with Crippen molar-refractivity contribution in [3.05, 3.63) is 23.5 Å². The van der Waals surface area contributed by atoms with Crippen molar-refractivity contribution in [2.45, 2.75) is 96.7 Å². The van der Waals surface area contributed by atoms with Crippen molar-refractivity contribution in [1.82, 2.24) is 14.8 Å². The average Bonchev–Trinajstić information content (AvgIpc) is 3.63. The minimum atomic E-state index is -0.977. The van der Waals surface area contributed by atoms with E-state index in [4.69, 9.17) is 4.74 Å². The third kappa shape index (κ3) is 6.93. The van der Waals surface area contributed by atoms with E-state index in [1.807, 2.05) is 20.0 Å². The molecule has 1 aliphatic heterocycles. The zero-order valence-corrected chi connectivity index (χ0v) is 22.8. The van der Waals surface area contributed by atoms with Crippen LogP contribution in [0.5, 0.6) is 0 Å². The van der Waals surface area contributed by atoms with Gasteiger partial charge >= 0.3 is 12.1 Å². The van der Waals surface area contributed by atoms with Crippen LogP contribution >= 0.6 is 0 Å². The number of nitrogens with zero attached hydrogens (tertiary/aromatic N) is 3. The Kier molecular flexibility index (Phi) is 7.99. The van der Waals surface area contributed by atoms with Crippen LogP contribution in [0.4, 0.5) is 10.5 Å². The van der Waals surface area contributed by atoms with Gasteiger partial charge in [-0.15, -0.1) is 0 Å². The molecule has 2 heterocycles. The van der Waals surface area contributed by atoms with Crippen LogP contribution in [0.3, 0.4) is 0 Å². The Morgan fingerprint density at radius 1 is 1.19 bits per heavy atom. The Morgan fingerprint density at radius 3 is 2.43 bits per heavy atom. The lowest BCUT2D eigenvalue weighted by Gasteiger charge is -2.42. The van der Waals surface area contributed by atoms with Gasteiger partial charge in [-0.05, 0) is 82.8 Å². The molecule has 2 unspecified atom stereocenters. The lowest BCUT2D eigenvalue weighted by molar-refractivity contribution is -0.144. The number of carboxylic acid groups (broad SMARTS) is 1. The number of likely N-dealkylation sites (tertiary alicyclic amines) is 1. The van der Waals surface area contributed by atoms with E-state index >= 15 is 0 Å². The summed E-state index contributed by atoms with van der Waals surface area (Å²) in [5.41, 5.74) is 1.60. The number of ether oxygens (including phenoxy) is 1. The number of hydrogen-bond donors (Lipinski definition) is 2. The first-order chi connectivity index (χ1) is 17.4. The van der Waals surface area contributed by atoms with Crippen LogP contribution in [-0.2, 0) is 9.53 Å². The smallest absolute Gasteiger partial charge is 0.410 e. The number of nitrogens with one attached hydrogen (secondary N) is 1. The second kappa shape index (κ2) is 10.9. The van der Waals surface area contributed by atoms with Crippen molar-refractivity contribution in [3.63, 3.8) is 0 Å². The molecule has 204 valence electrons. The van der Waals surface area contributed by atoms with Gasteiger partial charge in [0.1, 0.15) is 5.60 Å². The molecule has 2 atom stereocenters. The van der Waals surface area contributed by atoms with Crippen molar-refractivity contribution in [2.75, 3.05) is 25.0 Å². The number of amides is 2. The van der Waals surface area contributed by atoms with Gasteiger partial charge < -0.3 is 25.0 Å². The molecule has 1 saturated heterocycles. The topological polar surface area (TPSA) is 112 Å². The normalized spacial score (nSPS) is 22.4. The van der Waals surface area contributed by atoms with Crippen molar-refractivity contribution in [3.8, 4) is 0 Å². The van der Waals surface area contributed by atoms with E-state index in [0.717, 1.165) is 36.9 Å². The number of anilines is 1. The Labute approximate surface area is 219 Å². The van der Waals surface area contributed by atoms with Gasteiger partial charge in [0, 0.05) is 31.9 Å². The maximum absolute atomic E-state index is 14.1. The molecule has 2 saturated carbocycles. The number of aromatic nitrogens is 1. The van der Waals surface area contributed by atoms with E-state index in [9.17, 15) is 19.5 Å². The number of aliphatic carboxylic acids is 1. The summed E-state index contributed by atoms with van der Waals surface area (Å²) >= 11 is 0. The number of hydrogen-bond acceptors (Lipinski definition) is 6. The zero-order chi connectivity index (χ0) is 26.9. The number of piperidine rings is 1. The first-order valence-corrected chi connectivity index (χ1v) is 13.7. The molecule has 4 rings (SSSR count). The van der Waals surface area contributed by atoms with Crippen LogP contribution in [0.2, 0.25) is 0 Å². The highest BCUT2D eigenvalue weighted by Crippen LogP contribution is 2.41. The molecular formula is C28H42N4O5. The molecule has 1 aromatic heterocycles. The Hall–Kier alpha value is -2.84. The summed E-state index contributed by atoms with van der Waals surface area (Å²) in [4.78, 5) is 46.9. The third-order valence-electron chi connectivity index (χ3n) is 7.32. The molecular weight excluding hydrogens is 472 g/mol. The van der Waals surface area contributed by atoms with Crippen molar-refractivity contribution in [2.24, 2.45) is 11.8 Å². The van der Waals surface area contributed by atoms with Gasteiger partial charge in [-0.25, -0.2) is 9.78 Å². The molecule has 37 heavy (non-hydrogen) atoms. The number of pyridine rings is 1. The summed E-state index contributed by atoms with van der Waals surface area (Å²) in [5, 5.41) is 13.4. The summed E-state index contributed by atoms with van der Waals surface area (Å²) < 4.78 is 5.55. The van der Waals surface area contributed by atoms with Gasteiger partial charge in [0.2, 0.25) is 0 Å². The van der Waals surface area contributed by atoms with Gasteiger partial charge in [0.15, 0.2) is 5.69 Å². The molecule has 2 N–H and O–H groups in total. The second-order valence-electron chi connectivity index (χ2n) is 12.4. The Morgan fingerprint density at radius 2 is 1.89 bits per heavy atom. The monoisotopic (exact) mass is 514 g/mol. The minimum absolute atomic E-state index is 0.0628. The molecule has 0 aromatic carbocycles. The SMILES string of the molecule is CC(C)CN(C(=O)c1ncc(C2CC2)cc1NC1CCC1)C1CC(C(=O)O)CN(C(=O)OC(C)(C)C)C1. The Bertz CT molecular complexity index is 1010. The standard InChI is InChI=1S/C28H42N4O5/c1-17(2)14-32(22-11-20(26(34)35)15-31(16-22)27(36)37-28(3,4)5)25(33)24-23(30-21-7-6-8-21)12-19(13-29-24)18-9-10-18/h12-13,17-18,20-22,30H,6-11,14-16H2,1-5H3,(H,34,35). The molecule has 3 aliphatic rings. The fourth-order valence-corrected chi connectivity index (χ4v) is 5.05. The first-order valence-electron chi connectivity index (χ1n) is 13.7. The molecule has 0 radical (unpaired) electrons. The van der Waals surface area contributed by atoms with E-state index in [1.165, 1.54) is 11.3 Å². The largest absolute Gasteiger partial charge is 0.481 e. The first kappa shape index (κ1) is 27.2. The second-order valence-corrected chi connectivity index (χ2v) is 12.4. The highest BCUT2D eigenvalue weighted by molar-refractivity contribution is 5.98. The molecule has 1 aromatic rings. The lowest BCUT2D eigenvalue weighted by atomic mass is 9.92. The molecule has 0 spiro atoms. The van der Waals surface area contributed by atoms with E-state index in [0.29, 0.717) is 24.2 Å². The minimum Gasteiger partial charge on any atom is -0.481 e. The van der Waals surface area contributed by atoms with Gasteiger partial charge in [-0.1, -0.05) is 13.8 Å². The third-order valence-corrected chi connectivity index (χ3v) is 7.32. The van der Waals surface area contributed by atoms with Crippen LogP contribution < -0.4 is 5.32 Å². The summed E-state index contributed by atoms with van der Waals surface area (Å²) in [5.74, 6) is -1.32. The molecule has 9 heteroatoms. The molecule has 2 aliphatic carbocycles. The number of rotatable bonds is 8. The fraction of sp³-hybridized carbons (Fsp3) is 0.714. The van der Waals surface area contributed by atoms with Gasteiger partial charge in [-0.3, -0.25) is 9.59 Å². The predicted molar refractivity (Wildman–Crippen MR) is 141 cm³/mol. The van der Waals surface area contributed by atoms with Crippen LogP contribution in [0.1, 0.15) is 95.1 Å². The van der Waals surface area contributed by atoms with Crippen molar-refractivity contribution >= 4 is 23.7 Å². The summed E-state index contributed by atoms with van der Waals surface area (Å²) in [6.45, 7) is 10.1. The van der Waals surface area contributed by atoms with E-state index in [1.54, 1.807) is 25.7 Å². The lowest BCUT2D eigenvalue weighted by Crippen LogP contribution is -2.56. The Balaban J connectivity index is 1.63. The molecule has 3 fully saturated rings. The van der Waals surface area contributed by atoms with E-state index in [2.05, 4.69) is 16.4 Å². The number of carbonyl (C=O) groups is 3. The van der Waals surface area contributed by atoms with Crippen LogP contribution in [0, 0.1) is 11.8 Å². The van der Waals surface area contributed by atoms with E-state index in [-0.39, 0.29) is 31.3 Å². The quantitative estimate of drug-likeness (QED) is 0.516. The van der Waals surface area contributed by atoms with Crippen LogP contribution in [-0.4, -0.2) is 75.2 Å². The van der Waals surface area contributed by atoms with Gasteiger partial charge in [-0.2, -0.15) is 0 Å². The summed E-state index contributed by atoms with van der Waals surface area (Å²) in [7, 11) is 0. The average molecular weight is 515 g/mol. The van der Waals surface area contributed by atoms with Crippen molar-refractivity contribution in [1.29, 1.82) is 0 Å². The highest BCUT2D eigenvalue weighted by atomic mass is 16.6. The van der Waals surface area contributed by atoms with Crippen LogP contribution in [0.15, 0.2) is 12.3 Å². The summed E-state index contributed by atoms with van der Waals surface area (Å²) in [6.07, 6.45) is 7.16. The highest BCUT2D eigenvalue weighted by Gasteiger charge is 2.40. The maximum Gasteiger partial charge on any atom is 0.410 e. The number of carboxylic acids is 1. The molecule has 2 amide bonds. The molecule has 0 bridgehead atoms. The summed E-state index contributed by atoms with van der Waals surface area (Å²) in [6, 6.07) is 1.96. The number of carbonyl (C=O) groups excluding carboxylic acids is 2. The maximum atomic E-state index is 14.1. The van der Waals surface area contributed by atoms with Gasteiger partial charge in [0.05, 0.1) is 17.6 Å². The van der Waals surface area contributed by atoms with Crippen LogP contribution in [0.25, 0.3) is 0 Å².